The highest BCUT2D eigenvalue weighted by Gasteiger charge is 2.40. The summed E-state index contributed by atoms with van der Waals surface area (Å²) in [6.45, 7) is 3.37. The lowest BCUT2D eigenvalue weighted by Crippen LogP contribution is -2.52. The second kappa shape index (κ2) is 10.3. The Morgan fingerprint density at radius 3 is 1.97 bits per heavy atom. The second-order valence-corrected chi connectivity index (χ2v) is 8.79. The zero-order valence-corrected chi connectivity index (χ0v) is 20.8. The van der Waals surface area contributed by atoms with Crippen LogP contribution in [0.3, 0.4) is 0 Å². The van der Waals surface area contributed by atoms with E-state index in [0.717, 1.165) is 41.7 Å². The van der Waals surface area contributed by atoms with Gasteiger partial charge < -0.3 is 28.2 Å². The van der Waals surface area contributed by atoms with Gasteiger partial charge in [-0.15, -0.1) is 0 Å². The average molecular weight is 459 g/mol. The summed E-state index contributed by atoms with van der Waals surface area (Å²) in [5.74, 6) is 3.50. The van der Waals surface area contributed by atoms with Gasteiger partial charge in [0, 0.05) is 18.4 Å². The van der Waals surface area contributed by atoms with Crippen molar-refractivity contribution in [2.24, 2.45) is 0 Å². The molecule has 2 aromatic rings. The van der Waals surface area contributed by atoms with Crippen molar-refractivity contribution in [1.29, 1.82) is 0 Å². The van der Waals surface area contributed by atoms with Gasteiger partial charge in [0.15, 0.2) is 23.0 Å². The van der Waals surface area contributed by atoms with Crippen molar-refractivity contribution in [3.63, 3.8) is 0 Å². The molecule has 3 rings (SSSR count). The minimum absolute atomic E-state index is 0.121. The molecule has 7 nitrogen and oxygen atoms in total. The first-order valence-corrected chi connectivity index (χ1v) is 11.2. The minimum Gasteiger partial charge on any atom is -0.493 e. The van der Waals surface area contributed by atoms with E-state index in [1.807, 2.05) is 12.1 Å². The number of ketones is 1. The van der Waals surface area contributed by atoms with Crippen molar-refractivity contribution in [2.45, 2.75) is 32.2 Å². The Labute approximate surface area is 196 Å². The maximum Gasteiger partial charge on any atom is 0.203 e. The lowest BCUT2D eigenvalue weighted by Gasteiger charge is -2.46. The summed E-state index contributed by atoms with van der Waals surface area (Å²) in [6.07, 6.45) is 2.20. The number of ether oxygens (including phenoxy) is 5. The Morgan fingerprint density at radius 1 is 0.879 bits per heavy atom. The summed E-state index contributed by atoms with van der Waals surface area (Å²) in [4.78, 5) is 11.9. The Balaban J connectivity index is 2.11. The van der Waals surface area contributed by atoms with Gasteiger partial charge in [-0.2, -0.15) is 0 Å². The molecule has 0 saturated heterocycles. The number of carbonyl (C=O) groups is 1. The van der Waals surface area contributed by atoms with Crippen LogP contribution in [0.4, 0.5) is 0 Å². The molecule has 0 radical (unpaired) electrons. The molecule has 180 valence electrons. The largest absolute Gasteiger partial charge is 0.493 e. The minimum atomic E-state index is 0.121. The summed E-state index contributed by atoms with van der Waals surface area (Å²) in [5, 5.41) is 0. The highest BCUT2D eigenvalue weighted by molar-refractivity contribution is 5.75. The molecule has 33 heavy (non-hydrogen) atoms. The van der Waals surface area contributed by atoms with Crippen LogP contribution < -0.4 is 23.7 Å². The van der Waals surface area contributed by atoms with E-state index >= 15 is 0 Å². The molecule has 0 saturated carbocycles. The Hall–Kier alpha value is -2.93. The first kappa shape index (κ1) is 24.7. The van der Waals surface area contributed by atoms with Crippen molar-refractivity contribution in [3.05, 3.63) is 41.0 Å². The number of rotatable bonds is 10. The number of hydrogen-bond acceptors (Lipinski definition) is 6. The summed E-state index contributed by atoms with van der Waals surface area (Å²) in [5.41, 5.74) is 3.55. The molecule has 2 aromatic carbocycles. The van der Waals surface area contributed by atoms with E-state index in [1.165, 1.54) is 11.1 Å². The van der Waals surface area contributed by atoms with Crippen molar-refractivity contribution in [2.75, 3.05) is 55.7 Å². The molecule has 0 spiro atoms. The van der Waals surface area contributed by atoms with Crippen LogP contribution in [0, 0.1) is 0 Å². The molecule has 7 heteroatoms. The van der Waals surface area contributed by atoms with E-state index in [0.29, 0.717) is 29.4 Å². The maximum absolute atomic E-state index is 11.9. The van der Waals surface area contributed by atoms with Gasteiger partial charge in [-0.3, -0.25) is 4.79 Å². The van der Waals surface area contributed by atoms with Gasteiger partial charge in [0.1, 0.15) is 11.8 Å². The van der Waals surface area contributed by atoms with E-state index in [4.69, 9.17) is 23.7 Å². The van der Waals surface area contributed by atoms with E-state index in [1.54, 1.807) is 42.5 Å². The Bertz CT molecular complexity index is 980. The van der Waals surface area contributed by atoms with E-state index < -0.39 is 0 Å². The molecule has 0 unspecified atom stereocenters. The SMILES string of the molecule is COc1cc2c(cc1OC)[C@@H](Cc1cc(OC)c(OC)c(OC)c1)[N@@+](C)(CCC(C)=O)CC2. The van der Waals surface area contributed by atoms with Gasteiger partial charge in [-0.1, -0.05) is 0 Å². The molecule has 1 aliphatic heterocycles. The van der Waals surface area contributed by atoms with Crippen LogP contribution >= 0.6 is 0 Å². The van der Waals surface area contributed by atoms with Gasteiger partial charge in [0.2, 0.25) is 5.75 Å². The van der Waals surface area contributed by atoms with Crippen molar-refractivity contribution >= 4 is 5.78 Å². The Morgan fingerprint density at radius 2 is 1.45 bits per heavy atom. The van der Waals surface area contributed by atoms with Crippen molar-refractivity contribution in [1.82, 2.24) is 0 Å². The number of fused-ring (bicyclic) bond motifs is 1. The molecule has 1 aliphatic rings. The van der Waals surface area contributed by atoms with Crippen LogP contribution in [0.1, 0.15) is 36.1 Å². The monoisotopic (exact) mass is 458 g/mol. The van der Waals surface area contributed by atoms with Crippen molar-refractivity contribution in [3.8, 4) is 28.7 Å². The predicted molar refractivity (Wildman–Crippen MR) is 127 cm³/mol. The van der Waals surface area contributed by atoms with Crippen LogP contribution in [-0.2, 0) is 17.6 Å². The Kier molecular flexibility index (Phi) is 7.74. The zero-order valence-electron chi connectivity index (χ0n) is 20.8. The number of nitrogens with zero attached hydrogens (tertiary/aromatic N) is 1. The fourth-order valence-electron chi connectivity index (χ4n) is 4.82. The number of hydrogen-bond donors (Lipinski definition) is 0. The number of quaternary nitrogens is 1. The normalized spacial score (nSPS) is 19.4. The number of carbonyl (C=O) groups excluding carboxylic acids is 1. The number of Topliss-reactive ketones (excluding diaryl/α,β-unsaturated/α-hetero) is 1. The number of benzene rings is 2. The molecule has 0 amide bonds. The fraction of sp³-hybridized carbons (Fsp3) is 0.500. The van der Waals surface area contributed by atoms with E-state index in [-0.39, 0.29) is 11.8 Å². The molecule has 0 fully saturated rings. The third kappa shape index (κ3) is 5.03. The molecule has 1 heterocycles. The van der Waals surface area contributed by atoms with Gasteiger partial charge in [0.25, 0.3) is 0 Å². The van der Waals surface area contributed by atoms with Crippen LogP contribution in [0.15, 0.2) is 24.3 Å². The van der Waals surface area contributed by atoms with Crippen LogP contribution in [0.25, 0.3) is 0 Å². The number of likely N-dealkylation sites (N-methyl/N-ethyl adjacent to an activating group) is 1. The molecule has 0 bridgehead atoms. The third-order valence-corrected chi connectivity index (χ3v) is 6.78. The smallest absolute Gasteiger partial charge is 0.203 e. The van der Waals surface area contributed by atoms with Crippen LogP contribution in [-0.4, -0.2) is 66.0 Å². The highest BCUT2D eigenvalue weighted by atomic mass is 16.5. The van der Waals surface area contributed by atoms with Gasteiger partial charge >= 0.3 is 0 Å². The maximum atomic E-state index is 11.9. The van der Waals surface area contributed by atoms with Gasteiger partial charge in [-0.25, -0.2) is 0 Å². The topological polar surface area (TPSA) is 63.2 Å². The molecule has 0 aromatic heterocycles. The summed E-state index contributed by atoms with van der Waals surface area (Å²) in [7, 11) is 10.4. The molecule has 0 aliphatic carbocycles. The molecular formula is C26H36NO6+. The first-order valence-electron chi connectivity index (χ1n) is 11.2. The van der Waals surface area contributed by atoms with Gasteiger partial charge in [0.05, 0.1) is 62.1 Å². The molecular weight excluding hydrogens is 422 g/mol. The summed E-state index contributed by atoms with van der Waals surface area (Å²) in [6, 6.07) is 8.32. The predicted octanol–water partition coefficient (Wildman–Crippen LogP) is 4.00. The second-order valence-electron chi connectivity index (χ2n) is 8.79. The molecule has 2 atom stereocenters. The van der Waals surface area contributed by atoms with Gasteiger partial charge in [-0.05, 0) is 42.3 Å². The van der Waals surface area contributed by atoms with E-state index in [2.05, 4.69) is 19.2 Å². The lowest BCUT2D eigenvalue weighted by atomic mass is 9.86. The summed E-state index contributed by atoms with van der Waals surface area (Å²) >= 11 is 0. The van der Waals surface area contributed by atoms with Crippen molar-refractivity contribution < 1.29 is 33.0 Å². The van der Waals surface area contributed by atoms with Crippen LogP contribution in [0.5, 0.6) is 28.7 Å². The first-order chi connectivity index (χ1) is 15.8. The highest BCUT2D eigenvalue weighted by Crippen LogP contribution is 2.44. The van der Waals surface area contributed by atoms with Crippen LogP contribution in [0.2, 0.25) is 0 Å². The lowest BCUT2D eigenvalue weighted by molar-refractivity contribution is -0.940. The standard InChI is InChI=1S/C26H36NO6/c1-17(28)8-10-27(2)11-9-19-15-22(29-3)23(30-4)16-20(19)21(27)12-18-13-24(31-5)26(33-7)25(14-18)32-6/h13-16,21H,8-12H2,1-7H3/q+1/t21-,27+/m1/s1. The fourth-order valence-corrected chi connectivity index (χ4v) is 4.82. The summed E-state index contributed by atoms with van der Waals surface area (Å²) < 4.78 is 28.6. The third-order valence-electron chi connectivity index (χ3n) is 6.78. The molecule has 0 N–H and O–H groups in total. The quantitative estimate of drug-likeness (QED) is 0.502. The zero-order chi connectivity index (χ0) is 24.2. The van der Waals surface area contributed by atoms with E-state index in [9.17, 15) is 4.79 Å². The average Bonchev–Trinajstić information content (AvgIpc) is 2.83. The number of methoxy groups -OCH3 is 5.